The van der Waals surface area contributed by atoms with E-state index >= 15 is 0 Å². The van der Waals surface area contributed by atoms with Crippen LogP contribution < -0.4 is 11.1 Å². The Morgan fingerprint density at radius 2 is 2.31 bits per heavy atom. The Labute approximate surface area is 96.0 Å². The number of hydrogen-bond acceptors (Lipinski definition) is 4. The summed E-state index contributed by atoms with van der Waals surface area (Å²) in [6.07, 6.45) is 0.952. The second-order valence-corrected chi connectivity index (χ2v) is 3.62. The van der Waals surface area contributed by atoms with Crippen molar-refractivity contribution in [3.05, 3.63) is 23.8 Å². The van der Waals surface area contributed by atoms with E-state index in [9.17, 15) is 0 Å². The molecule has 1 unspecified atom stereocenters. The lowest BCUT2D eigenvalue weighted by Crippen LogP contribution is -2.24. The van der Waals surface area contributed by atoms with Crippen molar-refractivity contribution < 1.29 is 4.74 Å². The molecule has 86 valence electrons. The van der Waals surface area contributed by atoms with Crippen molar-refractivity contribution in [3.63, 3.8) is 0 Å². The lowest BCUT2D eigenvalue weighted by Gasteiger charge is -2.18. The molecular weight excluding hydrogens is 202 g/mol. The van der Waals surface area contributed by atoms with E-state index in [4.69, 9.17) is 15.7 Å². The fourth-order valence-electron chi connectivity index (χ4n) is 1.45. The van der Waals surface area contributed by atoms with Gasteiger partial charge >= 0.3 is 0 Å². The predicted molar refractivity (Wildman–Crippen MR) is 65.1 cm³/mol. The summed E-state index contributed by atoms with van der Waals surface area (Å²) in [6.45, 7) is 2.71. The van der Waals surface area contributed by atoms with Crippen molar-refractivity contribution in [3.8, 4) is 6.07 Å². The van der Waals surface area contributed by atoms with Gasteiger partial charge in [0.25, 0.3) is 0 Å². The Morgan fingerprint density at radius 3 is 2.81 bits per heavy atom. The summed E-state index contributed by atoms with van der Waals surface area (Å²) in [5, 5.41) is 12.0. The molecule has 0 saturated heterocycles. The Kier molecular flexibility index (Phi) is 4.62. The number of nitrogens with zero attached hydrogens (tertiary/aromatic N) is 1. The number of ether oxygens (including phenoxy) is 1. The third kappa shape index (κ3) is 3.14. The number of methoxy groups -OCH3 is 1. The van der Waals surface area contributed by atoms with E-state index in [1.54, 1.807) is 19.2 Å². The summed E-state index contributed by atoms with van der Waals surface area (Å²) < 4.78 is 5.10. The Morgan fingerprint density at radius 1 is 1.56 bits per heavy atom. The number of rotatable bonds is 5. The topological polar surface area (TPSA) is 71.1 Å². The molecular formula is C12H17N3O. The zero-order valence-corrected chi connectivity index (χ0v) is 9.66. The molecule has 0 spiro atoms. The van der Waals surface area contributed by atoms with Gasteiger partial charge in [0.1, 0.15) is 0 Å². The summed E-state index contributed by atoms with van der Waals surface area (Å²) in [4.78, 5) is 0. The largest absolute Gasteiger partial charge is 0.397 e. The van der Waals surface area contributed by atoms with Gasteiger partial charge in [-0.3, -0.25) is 0 Å². The van der Waals surface area contributed by atoms with Gasteiger partial charge in [0.2, 0.25) is 0 Å². The molecule has 3 N–H and O–H groups in total. The molecule has 16 heavy (non-hydrogen) atoms. The molecule has 1 aromatic carbocycles. The fraction of sp³-hybridized carbons (Fsp3) is 0.417. The van der Waals surface area contributed by atoms with Crippen LogP contribution in [0.3, 0.4) is 0 Å². The van der Waals surface area contributed by atoms with Crippen LogP contribution in [0, 0.1) is 11.3 Å². The summed E-state index contributed by atoms with van der Waals surface area (Å²) in [7, 11) is 1.67. The molecule has 0 fully saturated rings. The van der Waals surface area contributed by atoms with Crippen LogP contribution in [0.2, 0.25) is 0 Å². The van der Waals surface area contributed by atoms with Gasteiger partial charge in [-0.05, 0) is 24.6 Å². The van der Waals surface area contributed by atoms with E-state index in [1.165, 1.54) is 0 Å². The molecule has 0 aliphatic heterocycles. The highest BCUT2D eigenvalue weighted by Gasteiger charge is 2.07. The predicted octanol–water partition coefficient (Wildman–Crippen LogP) is 1.98. The van der Waals surface area contributed by atoms with Crippen molar-refractivity contribution in [1.82, 2.24) is 0 Å². The van der Waals surface area contributed by atoms with E-state index < -0.39 is 0 Å². The van der Waals surface area contributed by atoms with Crippen LogP contribution in [-0.4, -0.2) is 19.8 Å². The first-order valence-corrected chi connectivity index (χ1v) is 5.26. The minimum absolute atomic E-state index is 0.236. The summed E-state index contributed by atoms with van der Waals surface area (Å²) in [6, 6.07) is 7.53. The van der Waals surface area contributed by atoms with Crippen molar-refractivity contribution in [2.45, 2.75) is 19.4 Å². The highest BCUT2D eigenvalue weighted by Crippen LogP contribution is 2.20. The van der Waals surface area contributed by atoms with E-state index in [0.29, 0.717) is 17.9 Å². The van der Waals surface area contributed by atoms with Crippen LogP contribution in [0.15, 0.2) is 18.2 Å². The molecule has 1 atom stereocenters. The van der Waals surface area contributed by atoms with Crippen LogP contribution in [0.25, 0.3) is 0 Å². The molecule has 0 aliphatic rings. The molecule has 1 rings (SSSR count). The SMILES string of the molecule is CCC(COC)Nc1ccc(C#N)cc1N. The minimum atomic E-state index is 0.236. The number of nitrogen functional groups attached to an aromatic ring is 1. The summed E-state index contributed by atoms with van der Waals surface area (Å²) in [5.74, 6) is 0. The van der Waals surface area contributed by atoms with Gasteiger partial charge in [-0.25, -0.2) is 0 Å². The number of nitrogens with two attached hydrogens (primary N) is 1. The lowest BCUT2D eigenvalue weighted by molar-refractivity contribution is 0.184. The van der Waals surface area contributed by atoms with Crippen molar-refractivity contribution in [2.75, 3.05) is 24.8 Å². The van der Waals surface area contributed by atoms with Gasteiger partial charge < -0.3 is 15.8 Å². The Balaban J connectivity index is 2.77. The molecule has 4 nitrogen and oxygen atoms in total. The molecule has 1 aromatic rings. The third-order valence-electron chi connectivity index (χ3n) is 2.40. The third-order valence-corrected chi connectivity index (χ3v) is 2.40. The molecule has 0 saturated carbocycles. The molecule has 0 radical (unpaired) electrons. The average Bonchev–Trinajstić information content (AvgIpc) is 2.30. The van der Waals surface area contributed by atoms with Crippen LogP contribution in [0.4, 0.5) is 11.4 Å². The first-order valence-electron chi connectivity index (χ1n) is 5.26. The standard InChI is InChI=1S/C12H17N3O/c1-3-10(8-16-2)15-12-5-4-9(7-13)6-11(12)14/h4-6,10,15H,3,8,14H2,1-2H3. The first-order chi connectivity index (χ1) is 7.71. The normalized spacial score (nSPS) is 11.8. The van der Waals surface area contributed by atoms with Crippen LogP contribution in [0.1, 0.15) is 18.9 Å². The smallest absolute Gasteiger partial charge is 0.0992 e. The maximum atomic E-state index is 8.72. The highest BCUT2D eigenvalue weighted by atomic mass is 16.5. The molecule has 0 bridgehead atoms. The van der Waals surface area contributed by atoms with Gasteiger partial charge in [0.15, 0.2) is 0 Å². The second kappa shape index (κ2) is 5.99. The van der Waals surface area contributed by atoms with Crippen molar-refractivity contribution in [1.29, 1.82) is 5.26 Å². The van der Waals surface area contributed by atoms with Gasteiger partial charge in [-0.1, -0.05) is 6.92 Å². The number of hydrogen-bond donors (Lipinski definition) is 2. The van der Waals surface area contributed by atoms with Gasteiger partial charge in [-0.2, -0.15) is 5.26 Å². The maximum Gasteiger partial charge on any atom is 0.0992 e. The molecule has 0 aliphatic carbocycles. The average molecular weight is 219 g/mol. The summed E-state index contributed by atoms with van der Waals surface area (Å²) >= 11 is 0. The minimum Gasteiger partial charge on any atom is -0.397 e. The molecule has 0 amide bonds. The van der Waals surface area contributed by atoms with E-state index in [-0.39, 0.29) is 6.04 Å². The lowest BCUT2D eigenvalue weighted by atomic mass is 10.1. The van der Waals surface area contributed by atoms with E-state index in [2.05, 4.69) is 18.3 Å². The molecule has 0 heterocycles. The van der Waals surface area contributed by atoms with Crippen LogP contribution >= 0.6 is 0 Å². The fourth-order valence-corrected chi connectivity index (χ4v) is 1.45. The molecule has 0 aromatic heterocycles. The number of nitrogens with one attached hydrogen (secondary N) is 1. The van der Waals surface area contributed by atoms with E-state index in [1.807, 2.05) is 6.07 Å². The number of nitriles is 1. The first kappa shape index (κ1) is 12.3. The summed E-state index contributed by atoms with van der Waals surface area (Å²) in [5.41, 5.74) is 7.85. The van der Waals surface area contributed by atoms with Crippen molar-refractivity contribution >= 4 is 11.4 Å². The Bertz CT molecular complexity index is 384. The van der Waals surface area contributed by atoms with Crippen molar-refractivity contribution in [2.24, 2.45) is 0 Å². The Hall–Kier alpha value is -1.73. The highest BCUT2D eigenvalue weighted by molar-refractivity contribution is 5.68. The quantitative estimate of drug-likeness (QED) is 0.743. The zero-order valence-electron chi connectivity index (χ0n) is 9.66. The zero-order chi connectivity index (χ0) is 12.0. The maximum absolute atomic E-state index is 8.72. The van der Waals surface area contributed by atoms with Gasteiger partial charge in [-0.15, -0.1) is 0 Å². The van der Waals surface area contributed by atoms with Crippen LogP contribution in [-0.2, 0) is 4.74 Å². The van der Waals surface area contributed by atoms with Gasteiger partial charge in [0.05, 0.1) is 29.6 Å². The van der Waals surface area contributed by atoms with Crippen LogP contribution in [0.5, 0.6) is 0 Å². The second-order valence-electron chi connectivity index (χ2n) is 3.62. The number of benzene rings is 1. The van der Waals surface area contributed by atoms with E-state index in [0.717, 1.165) is 12.1 Å². The number of anilines is 2. The monoisotopic (exact) mass is 219 g/mol. The molecule has 4 heteroatoms. The van der Waals surface area contributed by atoms with Gasteiger partial charge in [0, 0.05) is 13.2 Å².